The van der Waals surface area contributed by atoms with Crippen LogP contribution in [-0.2, 0) is 9.59 Å². The number of ether oxygens (including phenoxy) is 1. The lowest BCUT2D eigenvalue weighted by Crippen LogP contribution is -2.21. The molecule has 2 rings (SSSR count). The first kappa shape index (κ1) is 17.5. The summed E-state index contributed by atoms with van der Waals surface area (Å²) >= 11 is 0. The number of nitrogens with one attached hydrogen (secondary N) is 2. The van der Waals surface area contributed by atoms with Crippen molar-refractivity contribution in [3.8, 4) is 5.75 Å². The van der Waals surface area contributed by atoms with Crippen molar-refractivity contribution < 1.29 is 14.3 Å². The second-order valence-electron chi connectivity index (χ2n) is 5.82. The number of benzene rings is 2. The molecule has 0 bridgehead atoms. The van der Waals surface area contributed by atoms with Crippen molar-refractivity contribution in [1.29, 1.82) is 0 Å². The molecule has 5 nitrogen and oxygen atoms in total. The largest absolute Gasteiger partial charge is 0.484 e. The number of para-hydroxylation sites is 1. The highest BCUT2D eigenvalue weighted by Gasteiger charge is 2.09. The third-order valence-electron chi connectivity index (χ3n) is 3.42. The SMILES string of the molecule is Cc1ccccc1NC(=O)COc1cccc(NC(=O)C(C)C)c1. The van der Waals surface area contributed by atoms with Crippen LogP contribution in [0.25, 0.3) is 0 Å². The zero-order valence-corrected chi connectivity index (χ0v) is 14.1. The van der Waals surface area contributed by atoms with Gasteiger partial charge in [-0.25, -0.2) is 0 Å². The normalized spacial score (nSPS) is 10.3. The first-order valence-corrected chi connectivity index (χ1v) is 7.85. The van der Waals surface area contributed by atoms with Gasteiger partial charge in [0, 0.05) is 23.4 Å². The summed E-state index contributed by atoms with van der Waals surface area (Å²) in [5.74, 6) is 0.122. The molecular formula is C19H22N2O3. The van der Waals surface area contributed by atoms with E-state index >= 15 is 0 Å². The summed E-state index contributed by atoms with van der Waals surface area (Å²) in [5, 5.41) is 5.61. The quantitative estimate of drug-likeness (QED) is 0.852. The monoisotopic (exact) mass is 326 g/mol. The molecular weight excluding hydrogens is 304 g/mol. The molecule has 2 aromatic carbocycles. The number of carbonyl (C=O) groups excluding carboxylic acids is 2. The van der Waals surface area contributed by atoms with Crippen molar-refractivity contribution in [1.82, 2.24) is 0 Å². The van der Waals surface area contributed by atoms with Crippen molar-refractivity contribution >= 4 is 23.2 Å². The third kappa shape index (κ3) is 5.12. The second-order valence-corrected chi connectivity index (χ2v) is 5.82. The van der Waals surface area contributed by atoms with E-state index in [4.69, 9.17) is 4.74 Å². The predicted octanol–water partition coefficient (Wildman–Crippen LogP) is 3.61. The highest BCUT2D eigenvalue weighted by atomic mass is 16.5. The molecule has 0 aromatic heterocycles. The van der Waals surface area contributed by atoms with E-state index < -0.39 is 0 Å². The number of rotatable bonds is 6. The van der Waals surface area contributed by atoms with Gasteiger partial charge in [0.2, 0.25) is 5.91 Å². The van der Waals surface area contributed by atoms with E-state index in [2.05, 4.69) is 10.6 Å². The van der Waals surface area contributed by atoms with Crippen molar-refractivity contribution in [3.05, 3.63) is 54.1 Å². The van der Waals surface area contributed by atoms with E-state index in [1.54, 1.807) is 24.3 Å². The minimum atomic E-state index is -0.235. The van der Waals surface area contributed by atoms with E-state index in [9.17, 15) is 9.59 Å². The van der Waals surface area contributed by atoms with Crippen LogP contribution in [0.5, 0.6) is 5.75 Å². The van der Waals surface area contributed by atoms with Crippen molar-refractivity contribution in [2.45, 2.75) is 20.8 Å². The van der Waals surface area contributed by atoms with Crippen LogP contribution in [0, 0.1) is 12.8 Å². The minimum Gasteiger partial charge on any atom is -0.484 e. The predicted molar refractivity (Wildman–Crippen MR) is 95.2 cm³/mol. The van der Waals surface area contributed by atoms with E-state index in [1.165, 1.54) is 0 Å². The molecule has 0 aliphatic rings. The van der Waals surface area contributed by atoms with Crippen LogP contribution in [0.1, 0.15) is 19.4 Å². The van der Waals surface area contributed by atoms with Crippen LogP contribution in [-0.4, -0.2) is 18.4 Å². The summed E-state index contributed by atoms with van der Waals surface area (Å²) in [6.45, 7) is 5.48. The van der Waals surface area contributed by atoms with E-state index in [0.717, 1.165) is 11.3 Å². The van der Waals surface area contributed by atoms with Gasteiger partial charge in [-0.2, -0.15) is 0 Å². The number of aryl methyl sites for hydroxylation is 1. The van der Waals surface area contributed by atoms with Crippen LogP contribution in [0.4, 0.5) is 11.4 Å². The Morgan fingerprint density at radius 3 is 2.50 bits per heavy atom. The smallest absolute Gasteiger partial charge is 0.262 e. The van der Waals surface area contributed by atoms with Crippen LogP contribution in [0.15, 0.2) is 48.5 Å². The molecule has 0 radical (unpaired) electrons. The van der Waals surface area contributed by atoms with Gasteiger partial charge in [-0.1, -0.05) is 38.1 Å². The van der Waals surface area contributed by atoms with Crippen LogP contribution in [0.2, 0.25) is 0 Å². The average Bonchev–Trinajstić information content (AvgIpc) is 2.55. The standard InChI is InChI=1S/C19H22N2O3/c1-13(2)19(23)20-15-8-6-9-16(11-15)24-12-18(22)21-17-10-5-4-7-14(17)3/h4-11,13H,12H2,1-3H3,(H,20,23)(H,21,22). The van der Waals surface area contributed by atoms with Gasteiger partial charge in [-0.3, -0.25) is 9.59 Å². The molecule has 126 valence electrons. The fourth-order valence-electron chi connectivity index (χ4n) is 2.00. The van der Waals surface area contributed by atoms with Gasteiger partial charge in [0.1, 0.15) is 5.75 Å². The molecule has 0 spiro atoms. The zero-order valence-electron chi connectivity index (χ0n) is 14.1. The molecule has 0 unspecified atom stereocenters. The van der Waals surface area contributed by atoms with Gasteiger partial charge >= 0.3 is 0 Å². The van der Waals surface area contributed by atoms with Crippen molar-refractivity contribution in [2.24, 2.45) is 5.92 Å². The molecule has 0 aliphatic carbocycles. The van der Waals surface area contributed by atoms with Gasteiger partial charge in [0.15, 0.2) is 6.61 Å². The second kappa shape index (κ2) is 8.15. The molecule has 2 amide bonds. The Hall–Kier alpha value is -2.82. The van der Waals surface area contributed by atoms with Gasteiger partial charge in [-0.05, 0) is 30.7 Å². The van der Waals surface area contributed by atoms with Gasteiger partial charge in [0.25, 0.3) is 5.91 Å². The zero-order chi connectivity index (χ0) is 17.5. The molecule has 0 fully saturated rings. The molecule has 5 heteroatoms. The van der Waals surface area contributed by atoms with E-state index in [-0.39, 0.29) is 24.3 Å². The molecule has 0 saturated heterocycles. The fraction of sp³-hybridized carbons (Fsp3) is 0.263. The molecule has 0 saturated carbocycles. The maximum atomic E-state index is 12.0. The Bertz CT molecular complexity index is 726. The molecule has 0 heterocycles. The first-order chi connectivity index (χ1) is 11.5. The van der Waals surface area contributed by atoms with Crippen molar-refractivity contribution in [3.63, 3.8) is 0 Å². The lowest BCUT2D eigenvalue weighted by molar-refractivity contribution is -0.119. The lowest BCUT2D eigenvalue weighted by atomic mass is 10.2. The summed E-state index contributed by atoms with van der Waals surface area (Å²) in [4.78, 5) is 23.7. The lowest BCUT2D eigenvalue weighted by Gasteiger charge is -2.11. The van der Waals surface area contributed by atoms with Crippen molar-refractivity contribution in [2.75, 3.05) is 17.2 Å². The first-order valence-electron chi connectivity index (χ1n) is 7.85. The molecule has 24 heavy (non-hydrogen) atoms. The van der Waals surface area contributed by atoms with E-state index in [0.29, 0.717) is 11.4 Å². The topological polar surface area (TPSA) is 67.4 Å². The Balaban J connectivity index is 1.91. The molecule has 0 aliphatic heterocycles. The minimum absolute atomic E-state index is 0.0653. The summed E-state index contributed by atoms with van der Waals surface area (Å²) in [6.07, 6.45) is 0. The fourth-order valence-corrected chi connectivity index (χ4v) is 2.00. The third-order valence-corrected chi connectivity index (χ3v) is 3.42. The highest BCUT2D eigenvalue weighted by molar-refractivity contribution is 5.93. The number of amides is 2. The number of anilines is 2. The summed E-state index contributed by atoms with van der Waals surface area (Å²) < 4.78 is 5.50. The maximum absolute atomic E-state index is 12.0. The molecule has 2 N–H and O–H groups in total. The summed E-state index contributed by atoms with van der Waals surface area (Å²) in [7, 11) is 0. The van der Waals surface area contributed by atoms with E-state index in [1.807, 2.05) is 45.0 Å². The summed E-state index contributed by atoms with van der Waals surface area (Å²) in [5.41, 5.74) is 2.40. The Kier molecular flexibility index (Phi) is 5.95. The van der Waals surface area contributed by atoms with Gasteiger partial charge in [-0.15, -0.1) is 0 Å². The van der Waals surface area contributed by atoms with Crippen LogP contribution >= 0.6 is 0 Å². The van der Waals surface area contributed by atoms with Crippen LogP contribution < -0.4 is 15.4 Å². The summed E-state index contributed by atoms with van der Waals surface area (Å²) in [6, 6.07) is 14.5. The Morgan fingerprint density at radius 2 is 1.79 bits per heavy atom. The highest BCUT2D eigenvalue weighted by Crippen LogP contribution is 2.18. The number of hydrogen-bond acceptors (Lipinski definition) is 3. The van der Waals surface area contributed by atoms with Gasteiger partial charge in [0.05, 0.1) is 0 Å². The van der Waals surface area contributed by atoms with Crippen LogP contribution in [0.3, 0.4) is 0 Å². The molecule has 2 aromatic rings. The molecule has 0 atom stereocenters. The average molecular weight is 326 g/mol. The Labute approximate surface area is 142 Å². The maximum Gasteiger partial charge on any atom is 0.262 e. The van der Waals surface area contributed by atoms with Gasteiger partial charge < -0.3 is 15.4 Å². The number of carbonyl (C=O) groups is 2. The number of hydrogen-bond donors (Lipinski definition) is 2. The Morgan fingerprint density at radius 1 is 1.04 bits per heavy atom.